The van der Waals surface area contributed by atoms with Crippen molar-refractivity contribution in [2.75, 3.05) is 13.6 Å². The Labute approximate surface area is 138 Å². The highest BCUT2D eigenvalue weighted by Gasteiger charge is 2.52. The van der Waals surface area contributed by atoms with Gasteiger partial charge in [-0.05, 0) is 45.8 Å². The summed E-state index contributed by atoms with van der Waals surface area (Å²) in [7, 11) is 1.46. The van der Waals surface area contributed by atoms with Gasteiger partial charge in [-0.25, -0.2) is 0 Å². The Morgan fingerprint density at radius 1 is 1.22 bits per heavy atom. The number of amidine groups is 1. The minimum atomic E-state index is -0.424. The molecule has 1 heterocycles. The first-order chi connectivity index (χ1) is 10.7. The SMILES string of the molecule is CNCC(=Cc1ccccc1C(=N)N)B1OC(C)(C)C(C)(C)O1. The van der Waals surface area contributed by atoms with Crippen molar-refractivity contribution in [2.24, 2.45) is 5.73 Å². The van der Waals surface area contributed by atoms with Gasteiger partial charge in [0.1, 0.15) is 5.84 Å². The maximum absolute atomic E-state index is 7.73. The largest absolute Gasteiger partial charge is 0.491 e. The summed E-state index contributed by atoms with van der Waals surface area (Å²) in [5.41, 5.74) is 7.48. The molecular weight excluding hydrogens is 289 g/mol. The molecule has 23 heavy (non-hydrogen) atoms. The number of likely N-dealkylation sites (N-methyl/N-ethyl adjacent to an activating group) is 1. The molecular formula is C17H26BN3O2. The van der Waals surface area contributed by atoms with Crippen LogP contribution in [0.25, 0.3) is 6.08 Å². The molecule has 1 aromatic rings. The van der Waals surface area contributed by atoms with Crippen molar-refractivity contribution < 1.29 is 9.31 Å². The summed E-state index contributed by atoms with van der Waals surface area (Å²) < 4.78 is 12.3. The molecule has 0 amide bonds. The van der Waals surface area contributed by atoms with Gasteiger partial charge in [-0.2, -0.15) is 0 Å². The molecule has 0 spiro atoms. The zero-order valence-corrected chi connectivity index (χ0v) is 14.6. The molecule has 124 valence electrons. The van der Waals surface area contributed by atoms with E-state index in [0.717, 1.165) is 11.0 Å². The van der Waals surface area contributed by atoms with Crippen LogP contribution in [0, 0.1) is 5.41 Å². The number of rotatable bonds is 5. The van der Waals surface area contributed by atoms with E-state index >= 15 is 0 Å². The van der Waals surface area contributed by atoms with Gasteiger partial charge in [-0.1, -0.05) is 30.3 Å². The second-order valence-electron chi connectivity index (χ2n) is 6.84. The summed E-state index contributed by atoms with van der Waals surface area (Å²) in [6.45, 7) is 8.77. The average molecular weight is 315 g/mol. The molecule has 1 saturated heterocycles. The lowest BCUT2D eigenvalue weighted by Gasteiger charge is -2.32. The average Bonchev–Trinajstić information content (AvgIpc) is 2.67. The Morgan fingerprint density at radius 2 is 1.78 bits per heavy atom. The maximum atomic E-state index is 7.73. The standard InChI is InChI=1S/C17H26BN3O2/c1-16(2)17(3,4)23-18(22-16)13(11-21-5)10-12-8-6-7-9-14(12)15(19)20/h6-10,21H,11H2,1-5H3,(H3,19,20). The van der Waals surface area contributed by atoms with Crippen LogP contribution in [0.1, 0.15) is 38.8 Å². The molecule has 0 atom stereocenters. The van der Waals surface area contributed by atoms with E-state index in [1.54, 1.807) is 0 Å². The third-order valence-corrected chi connectivity index (χ3v) is 4.53. The predicted molar refractivity (Wildman–Crippen MR) is 95.4 cm³/mol. The molecule has 0 aromatic heterocycles. The van der Waals surface area contributed by atoms with Crippen molar-refractivity contribution in [3.63, 3.8) is 0 Å². The first kappa shape index (κ1) is 17.7. The second-order valence-corrected chi connectivity index (χ2v) is 6.84. The first-order valence-corrected chi connectivity index (χ1v) is 7.82. The van der Waals surface area contributed by atoms with Crippen LogP contribution in [-0.4, -0.2) is 37.7 Å². The fourth-order valence-corrected chi connectivity index (χ4v) is 2.47. The van der Waals surface area contributed by atoms with Crippen LogP contribution in [0.2, 0.25) is 0 Å². The highest BCUT2D eigenvalue weighted by Crippen LogP contribution is 2.38. The zero-order valence-electron chi connectivity index (χ0n) is 14.6. The number of benzene rings is 1. The second kappa shape index (κ2) is 6.47. The third-order valence-electron chi connectivity index (χ3n) is 4.53. The molecule has 0 bridgehead atoms. The van der Waals surface area contributed by atoms with E-state index in [-0.39, 0.29) is 17.0 Å². The Balaban J connectivity index is 2.39. The van der Waals surface area contributed by atoms with Crippen LogP contribution in [-0.2, 0) is 9.31 Å². The highest BCUT2D eigenvalue weighted by atomic mass is 16.7. The molecule has 2 rings (SSSR count). The normalized spacial score (nSPS) is 19.9. The Hall–Kier alpha value is -1.63. The van der Waals surface area contributed by atoms with E-state index < -0.39 is 7.12 Å². The summed E-state index contributed by atoms with van der Waals surface area (Å²) in [5.74, 6) is 0.0505. The summed E-state index contributed by atoms with van der Waals surface area (Å²) in [6, 6.07) is 7.59. The zero-order chi connectivity index (χ0) is 17.3. The molecule has 1 aliphatic rings. The van der Waals surface area contributed by atoms with E-state index in [4.69, 9.17) is 20.5 Å². The van der Waals surface area contributed by atoms with Gasteiger partial charge in [-0.3, -0.25) is 5.41 Å². The number of hydrogen-bond acceptors (Lipinski definition) is 4. The van der Waals surface area contributed by atoms with Crippen LogP contribution in [0.3, 0.4) is 0 Å². The van der Waals surface area contributed by atoms with Crippen molar-refractivity contribution in [1.29, 1.82) is 5.41 Å². The minimum Gasteiger partial charge on any atom is -0.400 e. The summed E-state index contributed by atoms with van der Waals surface area (Å²) in [6.07, 6.45) is 2.00. The van der Waals surface area contributed by atoms with Crippen LogP contribution >= 0.6 is 0 Å². The quantitative estimate of drug-likeness (QED) is 0.442. The smallest absolute Gasteiger partial charge is 0.400 e. The minimum absolute atomic E-state index is 0.0505. The van der Waals surface area contributed by atoms with Gasteiger partial charge in [0.2, 0.25) is 0 Å². The summed E-state index contributed by atoms with van der Waals surface area (Å²) >= 11 is 0. The highest BCUT2D eigenvalue weighted by molar-refractivity contribution is 6.56. The number of nitrogen functional groups attached to an aromatic ring is 1. The summed E-state index contributed by atoms with van der Waals surface area (Å²) in [4.78, 5) is 0. The van der Waals surface area contributed by atoms with E-state index in [0.29, 0.717) is 12.1 Å². The monoisotopic (exact) mass is 315 g/mol. The van der Waals surface area contributed by atoms with Gasteiger partial charge in [0.25, 0.3) is 0 Å². The molecule has 1 aliphatic heterocycles. The molecule has 4 N–H and O–H groups in total. The Bertz CT molecular complexity index is 610. The molecule has 5 nitrogen and oxygen atoms in total. The van der Waals surface area contributed by atoms with E-state index in [9.17, 15) is 0 Å². The maximum Gasteiger partial charge on any atom is 0.491 e. The third kappa shape index (κ3) is 3.66. The van der Waals surface area contributed by atoms with Gasteiger partial charge in [0.05, 0.1) is 11.2 Å². The van der Waals surface area contributed by atoms with Gasteiger partial charge < -0.3 is 20.4 Å². The Kier molecular flexibility index (Phi) is 4.99. The van der Waals surface area contributed by atoms with E-state index in [1.165, 1.54) is 0 Å². The summed E-state index contributed by atoms with van der Waals surface area (Å²) in [5, 5.41) is 10.9. The van der Waals surface area contributed by atoms with Gasteiger partial charge >= 0.3 is 7.12 Å². The number of nitrogens with one attached hydrogen (secondary N) is 2. The lowest BCUT2D eigenvalue weighted by Crippen LogP contribution is -2.41. The number of hydrogen-bond donors (Lipinski definition) is 3. The van der Waals surface area contributed by atoms with Crippen molar-refractivity contribution in [3.05, 3.63) is 40.9 Å². The lowest BCUT2D eigenvalue weighted by atomic mass is 9.76. The molecule has 1 aromatic carbocycles. The molecule has 0 radical (unpaired) electrons. The van der Waals surface area contributed by atoms with Gasteiger partial charge in [0, 0.05) is 12.1 Å². The Morgan fingerprint density at radius 3 is 2.30 bits per heavy atom. The molecule has 6 heteroatoms. The first-order valence-electron chi connectivity index (χ1n) is 7.82. The molecule has 0 aliphatic carbocycles. The van der Waals surface area contributed by atoms with E-state index in [1.807, 2.05) is 65.1 Å². The molecule has 0 unspecified atom stereocenters. The van der Waals surface area contributed by atoms with Crippen molar-refractivity contribution >= 4 is 19.0 Å². The molecule has 1 fully saturated rings. The fraction of sp³-hybridized carbons (Fsp3) is 0.471. The van der Waals surface area contributed by atoms with Crippen LogP contribution in [0.4, 0.5) is 0 Å². The van der Waals surface area contributed by atoms with Crippen LogP contribution in [0.5, 0.6) is 0 Å². The fourth-order valence-electron chi connectivity index (χ4n) is 2.47. The number of nitrogens with two attached hydrogens (primary N) is 1. The van der Waals surface area contributed by atoms with Crippen molar-refractivity contribution in [2.45, 2.75) is 38.9 Å². The van der Waals surface area contributed by atoms with Crippen LogP contribution < -0.4 is 11.1 Å². The topological polar surface area (TPSA) is 80.4 Å². The van der Waals surface area contributed by atoms with Crippen molar-refractivity contribution in [3.8, 4) is 0 Å². The lowest BCUT2D eigenvalue weighted by molar-refractivity contribution is 0.00578. The van der Waals surface area contributed by atoms with Crippen molar-refractivity contribution in [1.82, 2.24) is 5.32 Å². The van der Waals surface area contributed by atoms with Gasteiger partial charge in [-0.15, -0.1) is 0 Å². The molecule has 0 saturated carbocycles. The van der Waals surface area contributed by atoms with E-state index in [2.05, 4.69) is 5.32 Å². The van der Waals surface area contributed by atoms with Crippen LogP contribution in [0.15, 0.2) is 29.7 Å². The predicted octanol–water partition coefficient (Wildman–Crippen LogP) is 2.20. The van der Waals surface area contributed by atoms with Gasteiger partial charge in [0.15, 0.2) is 0 Å².